The minimum absolute atomic E-state index is 0.370. The highest BCUT2D eigenvalue weighted by atomic mass is 16.7. The summed E-state index contributed by atoms with van der Waals surface area (Å²) >= 11 is 0. The quantitative estimate of drug-likeness (QED) is 0.688. The Bertz CT molecular complexity index is 402. The number of rotatable bonds is 6. The third kappa shape index (κ3) is 3.24. The van der Waals surface area contributed by atoms with Gasteiger partial charge in [-0.25, -0.2) is 0 Å². The Hall–Kier alpha value is -0.850. The molecule has 2 atom stereocenters. The number of hydrogen-bond acceptors (Lipinski definition) is 3. The molecule has 0 spiro atoms. The average molecular weight is 277 g/mol. The molecule has 20 heavy (non-hydrogen) atoms. The summed E-state index contributed by atoms with van der Waals surface area (Å²) in [7, 11) is 0. The van der Waals surface area contributed by atoms with Crippen LogP contribution in [0.1, 0.15) is 52.9 Å². The van der Waals surface area contributed by atoms with E-state index in [0.717, 1.165) is 19.3 Å². The van der Waals surface area contributed by atoms with Crippen LogP contribution in [-0.4, -0.2) is 19.0 Å². The molecule has 3 nitrogen and oxygen atoms in total. The van der Waals surface area contributed by atoms with Gasteiger partial charge in [-0.05, 0) is 43.4 Å². The zero-order valence-corrected chi connectivity index (χ0v) is 13.1. The number of allylic oxidation sites excluding steroid dienone is 1. The van der Waals surface area contributed by atoms with Crippen LogP contribution in [0.3, 0.4) is 0 Å². The van der Waals surface area contributed by atoms with Gasteiger partial charge in [0, 0.05) is 12.8 Å². The lowest BCUT2D eigenvalue weighted by Gasteiger charge is -2.53. The molecule has 1 saturated heterocycles. The fraction of sp³-hybridized carbons (Fsp3) is 0.824. The molecule has 2 fully saturated rings. The predicted molar refractivity (Wildman–Crippen MR) is 78.9 cm³/mol. The lowest BCUT2D eigenvalue weighted by molar-refractivity contribution is -0.156. The van der Waals surface area contributed by atoms with E-state index < -0.39 is 0 Å². The van der Waals surface area contributed by atoms with Crippen LogP contribution in [0.2, 0.25) is 0 Å². The molecule has 0 radical (unpaired) electrons. The first-order chi connectivity index (χ1) is 9.38. The monoisotopic (exact) mass is 277 g/mol. The van der Waals surface area contributed by atoms with Crippen molar-refractivity contribution in [3.8, 4) is 6.07 Å². The molecule has 0 aromatic carbocycles. The third-order valence-corrected chi connectivity index (χ3v) is 5.13. The Labute approximate surface area is 122 Å². The van der Waals surface area contributed by atoms with Crippen LogP contribution in [-0.2, 0) is 9.47 Å². The van der Waals surface area contributed by atoms with E-state index in [1.54, 1.807) is 0 Å². The van der Waals surface area contributed by atoms with Gasteiger partial charge >= 0.3 is 0 Å². The van der Waals surface area contributed by atoms with Crippen LogP contribution in [0, 0.1) is 28.6 Å². The Morgan fingerprint density at radius 1 is 1.30 bits per heavy atom. The largest absolute Gasteiger partial charge is 0.348 e. The second-order valence-corrected chi connectivity index (χ2v) is 7.09. The van der Waals surface area contributed by atoms with E-state index in [1.165, 1.54) is 12.0 Å². The summed E-state index contributed by atoms with van der Waals surface area (Å²) in [6, 6.07) is 2.22. The maximum Gasteiger partial charge on any atom is 0.165 e. The summed E-state index contributed by atoms with van der Waals surface area (Å²) in [6.07, 6.45) is 4.69. The van der Waals surface area contributed by atoms with Gasteiger partial charge in [-0.15, -0.1) is 0 Å². The number of nitrogens with zero attached hydrogens (tertiary/aromatic N) is 1. The van der Waals surface area contributed by atoms with Crippen LogP contribution in [0.4, 0.5) is 0 Å². The molecule has 0 aromatic heterocycles. The lowest BCUT2D eigenvalue weighted by Crippen LogP contribution is -2.45. The Kier molecular flexibility index (Phi) is 4.56. The molecule has 0 N–H and O–H groups in total. The van der Waals surface area contributed by atoms with Crippen molar-refractivity contribution < 1.29 is 9.47 Å². The molecule has 1 saturated carbocycles. The maximum absolute atomic E-state index is 8.71. The molecule has 2 rings (SSSR count). The van der Waals surface area contributed by atoms with E-state index in [0.29, 0.717) is 36.9 Å². The van der Waals surface area contributed by atoms with Crippen LogP contribution in [0.5, 0.6) is 0 Å². The van der Waals surface area contributed by atoms with Gasteiger partial charge in [0.2, 0.25) is 0 Å². The second kappa shape index (κ2) is 5.87. The van der Waals surface area contributed by atoms with Gasteiger partial charge in [-0.2, -0.15) is 5.26 Å². The molecule has 1 aliphatic heterocycles. The van der Waals surface area contributed by atoms with E-state index in [4.69, 9.17) is 14.7 Å². The lowest BCUT2D eigenvalue weighted by atomic mass is 9.52. The molecular formula is C17H27NO2. The molecule has 112 valence electrons. The van der Waals surface area contributed by atoms with Crippen molar-refractivity contribution in [2.45, 2.75) is 58.7 Å². The van der Waals surface area contributed by atoms with Crippen LogP contribution >= 0.6 is 0 Å². The summed E-state index contributed by atoms with van der Waals surface area (Å²) in [5.74, 6) is 0.825. The zero-order chi connectivity index (χ0) is 14.8. The highest BCUT2D eigenvalue weighted by molar-refractivity contribution is 5.13. The predicted octanol–water partition coefficient (Wildman–Crippen LogP) is 4.05. The van der Waals surface area contributed by atoms with Crippen molar-refractivity contribution in [3.63, 3.8) is 0 Å². The smallest absolute Gasteiger partial charge is 0.165 e. The van der Waals surface area contributed by atoms with Crippen LogP contribution in [0.25, 0.3) is 0 Å². The van der Waals surface area contributed by atoms with E-state index in [-0.39, 0.29) is 5.79 Å². The zero-order valence-electron chi connectivity index (χ0n) is 13.1. The van der Waals surface area contributed by atoms with Crippen molar-refractivity contribution in [1.82, 2.24) is 0 Å². The SMILES string of the molecule is C=C(CCC#N)[C@H]1CC(C)(C)[C@@H]1CCC1(C)OCCO1. The van der Waals surface area contributed by atoms with Crippen molar-refractivity contribution in [3.05, 3.63) is 12.2 Å². The van der Waals surface area contributed by atoms with Crippen molar-refractivity contribution >= 4 is 0 Å². The molecule has 0 unspecified atom stereocenters. The van der Waals surface area contributed by atoms with Crippen molar-refractivity contribution in [2.24, 2.45) is 17.3 Å². The van der Waals surface area contributed by atoms with Crippen LogP contribution in [0.15, 0.2) is 12.2 Å². The van der Waals surface area contributed by atoms with Crippen molar-refractivity contribution in [1.29, 1.82) is 5.26 Å². The van der Waals surface area contributed by atoms with Gasteiger partial charge in [0.25, 0.3) is 0 Å². The van der Waals surface area contributed by atoms with Gasteiger partial charge in [0.15, 0.2) is 5.79 Å². The topological polar surface area (TPSA) is 42.2 Å². The average Bonchev–Trinajstić information content (AvgIpc) is 2.80. The molecule has 0 amide bonds. The van der Waals surface area contributed by atoms with Gasteiger partial charge < -0.3 is 9.47 Å². The Morgan fingerprint density at radius 3 is 2.50 bits per heavy atom. The Balaban J connectivity index is 1.89. The van der Waals surface area contributed by atoms with E-state index in [2.05, 4.69) is 26.5 Å². The molecule has 1 heterocycles. The van der Waals surface area contributed by atoms with E-state index in [1.807, 2.05) is 6.92 Å². The van der Waals surface area contributed by atoms with Crippen molar-refractivity contribution in [2.75, 3.05) is 13.2 Å². The standard InChI is InChI=1S/C17H27NO2/c1-13(6-5-9-18)14-12-16(2,3)15(14)7-8-17(4)19-10-11-20-17/h14-15H,1,5-8,10-12H2,2-4H3/t14-,15-/m1/s1. The van der Waals surface area contributed by atoms with Crippen LogP contribution < -0.4 is 0 Å². The molecule has 0 aromatic rings. The number of hydrogen-bond donors (Lipinski definition) is 0. The highest BCUT2D eigenvalue weighted by Gasteiger charge is 2.48. The first kappa shape index (κ1) is 15.5. The fourth-order valence-electron chi connectivity index (χ4n) is 3.79. The Morgan fingerprint density at radius 2 is 1.95 bits per heavy atom. The summed E-state index contributed by atoms with van der Waals surface area (Å²) in [6.45, 7) is 12.4. The minimum Gasteiger partial charge on any atom is -0.348 e. The van der Waals surface area contributed by atoms with Gasteiger partial charge in [-0.3, -0.25) is 0 Å². The number of nitriles is 1. The minimum atomic E-state index is -0.385. The van der Waals surface area contributed by atoms with E-state index in [9.17, 15) is 0 Å². The van der Waals surface area contributed by atoms with Gasteiger partial charge in [0.05, 0.1) is 19.3 Å². The second-order valence-electron chi connectivity index (χ2n) is 7.09. The van der Waals surface area contributed by atoms with Gasteiger partial charge in [0.1, 0.15) is 0 Å². The summed E-state index contributed by atoms with van der Waals surface area (Å²) < 4.78 is 11.4. The highest BCUT2D eigenvalue weighted by Crippen LogP contribution is 2.56. The fourth-order valence-corrected chi connectivity index (χ4v) is 3.79. The summed E-state index contributed by atoms with van der Waals surface area (Å²) in [5, 5.41) is 8.71. The molecule has 1 aliphatic carbocycles. The third-order valence-electron chi connectivity index (χ3n) is 5.13. The molecule has 2 aliphatic rings. The first-order valence-electron chi connectivity index (χ1n) is 7.70. The summed E-state index contributed by atoms with van der Waals surface area (Å²) in [4.78, 5) is 0. The molecule has 3 heteroatoms. The van der Waals surface area contributed by atoms with Gasteiger partial charge in [-0.1, -0.05) is 26.0 Å². The summed E-state index contributed by atoms with van der Waals surface area (Å²) in [5.41, 5.74) is 1.63. The molecule has 0 bridgehead atoms. The maximum atomic E-state index is 8.71. The normalized spacial score (nSPS) is 30.5. The number of ether oxygens (including phenoxy) is 2. The molecular weight excluding hydrogens is 250 g/mol. The first-order valence-corrected chi connectivity index (χ1v) is 7.70. The van der Waals surface area contributed by atoms with E-state index >= 15 is 0 Å².